The molecule has 0 fully saturated rings. The van der Waals surface area contributed by atoms with Gasteiger partial charge in [-0.25, -0.2) is 0 Å². The van der Waals surface area contributed by atoms with Crippen molar-refractivity contribution in [1.29, 1.82) is 0 Å². The van der Waals surface area contributed by atoms with Crippen molar-refractivity contribution in [2.75, 3.05) is 13.2 Å². The van der Waals surface area contributed by atoms with Gasteiger partial charge in [0.1, 0.15) is 0 Å². The topological polar surface area (TPSA) is 18.5 Å². The Balaban J connectivity index is 4.00. The van der Waals surface area contributed by atoms with Crippen LogP contribution < -0.4 is 0 Å². The van der Waals surface area contributed by atoms with Crippen molar-refractivity contribution >= 4 is 49.0 Å². The van der Waals surface area contributed by atoms with Gasteiger partial charge in [0, 0.05) is 13.2 Å². The molecule has 2 atom stereocenters. The van der Waals surface area contributed by atoms with Gasteiger partial charge in [0.2, 0.25) is 0 Å². The van der Waals surface area contributed by atoms with E-state index in [1.165, 1.54) is 38.5 Å². The molecule has 2 unspecified atom stereocenters. The molecular formula is C16H38O2S3Si2. The molecule has 0 spiro atoms. The zero-order valence-electron chi connectivity index (χ0n) is 16.0. The molecule has 0 rings (SSSR count). The SMILES string of the molecule is CCCCCOC(SSSC(OCCCCC)[SiH](C)C)[SiH](C)C. The third-order valence-electron chi connectivity index (χ3n) is 3.42. The van der Waals surface area contributed by atoms with E-state index < -0.39 is 17.6 Å². The van der Waals surface area contributed by atoms with Gasteiger partial charge in [0.15, 0.2) is 0 Å². The normalized spacial score (nSPS) is 14.6. The fourth-order valence-corrected chi connectivity index (χ4v) is 14.4. The van der Waals surface area contributed by atoms with Crippen LogP contribution in [0.15, 0.2) is 0 Å². The van der Waals surface area contributed by atoms with Gasteiger partial charge in [-0.3, -0.25) is 0 Å². The molecule has 7 heteroatoms. The number of hydrogen-bond acceptors (Lipinski definition) is 5. The van der Waals surface area contributed by atoms with Gasteiger partial charge in [0.25, 0.3) is 0 Å². The van der Waals surface area contributed by atoms with Gasteiger partial charge in [-0.1, -0.05) is 87.3 Å². The zero-order valence-corrected chi connectivity index (χ0v) is 20.8. The van der Waals surface area contributed by atoms with E-state index in [0.717, 1.165) is 13.2 Å². The van der Waals surface area contributed by atoms with Crippen LogP contribution in [0.25, 0.3) is 0 Å². The van der Waals surface area contributed by atoms with Crippen molar-refractivity contribution in [2.24, 2.45) is 0 Å². The van der Waals surface area contributed by atoms with Crippen molar-refractivity contribution in [3.05, 3.63) is 0 Å². The Kier molecular flexibility index (Phi) is 17.9. The van der Waals surface area contributed by atoms with Crippen molar-refractivity contribution in [3.8, 4) is 0 Å². The molecule has 0 aliphatic heterocycles. The number of rotatable bonds is 16. The summed E-state index contributed by atoms with van der Waals surface area (Å²) in [7, 11) is 4.23. The molecule has 0 aromatic carbocycles. The Morgan fingerprint density at radius 2 is 1.09 bits per heavy atom. The summed E-state index contributed by atoms with van der Waals surface area (Å²) >= 11 is 0. The molecule has 0 aromatic rings. The van der Waals surface area contributed by atoms with E-state index in [4.69, 9.17) is 9.47 Å². The van der Waals surface area contributed by atoms with Crippen LogP contribution >= 0.6 is 31.4 Å². The summed E-state index contributed by atoms with van der Waals surface area (Å²) in [5.74, 6) is 0. The molecule has 0 aliphatic rings. The molecule has 0 saturated heterocycles. The van der Waals surface area contributed by atoms with Gasteiger partial charge in [0.05, 0.1) is 27.7 Å². The highest BCUT2D eigenvalue weighted by Crippen LogP contribution is 2.42. The minimum atomic E-state index is -0.779. The van der Waals surface area contributed by atoms with E-state index in [0.29, 0.717) is 10.1 Å². The zero-order chi connectivity index (χ0) is 17.5. The van der Waals surface area contributed by atoms with Gasteiger partial charge in [-0.2, -0.15) is 0 Å². The van der Waals surface area contributed by atoms with E-state index in [-0.39, 0.29) is 0 Å². The van der Waals surface area contributed by atoms with Crippen LogP contribution in [0.2, 0.25) is 26.2 Å². The minimum absolute atomic E-state index is 0.430. The smallest absolute Gasteiger partial charge is 0.0982 e. The monoisotopic (exact) mass is 414 g/mol. The second-order valence-corrected chi connectivity index (χ2v) is 18.0. The second-order valence-electron chi connectivity index (χ2n) is 6.64. The molecule has 0 saturated carbocycles. The Hall–Kier alpha value is 1.40. The molecule has 0 heterocycles. The third kappa shape index (κ3) is 14.3. The van der Waals surface area contributed by atoms with Crippen molar-refractivity contribution < 1.29 is 9.47 Å². The van der Waals surface area contributed by atoms with E-state index in [9.17, 15) is 0 Å². The maximum atomic E-state index is 6.12. The van der Waals surface area contributed by atoms with Gasteiger partial charge in [-0.05, 0) is 22.7 Å². The molecular weight excluding hydrogens is 377 g/mol. The second kappa shape index (κ2) is 16.8. The maximum Gasteiger partial charge on any atom is 0.0982 e. The first-order valence-corrected chi connectivity index (χ1v) is 18.8. The summed E-state index contributed by atoms with van der Waals surface area (Å²) in [4.78, 5) is 0. The molecule has 140 valence electrons. The van der Waals surface area contributed by atoms with Crippen LogP contribution in [0.3, 0.4) is 0 Å². The lowest BCUT2D eigenvalue weighted by Crippen LogP contribution is -2.25. The van der Waals surface area contributed by atoms with Gasteiger partial charge >= 0.3 is 0 Å². The predicted octanol–water partition coefficient (Wildman–Crippen LogP) is 6.13. The Morgan fingerprint density at radius 3 is 1.39 bits per heavy atom. The third-order valence-corrected chi connectivity index (χ3v) is 15.1. The Morgan fingerprint density at radius 1 is 0.696 bits per heavy atom. The lowest BCUT2D eigenvalue weighted by atomic mass is 10.3. The van der Waals surface area contributed by atoms with Crippen LogP contribution in [0.1, 0.15) is 52.4 Å². The van der Waals surface area contributed by atoms with Crippen LogP contribution in [0.5, 0.6) is 0 Å². The Bertz CT molecular complexity index is 235. The largest absolute Gasteiger partial charge is 0.371 e. The number of ether oxygens (including phenoxy) is 2. The summed E-state index contributed by atoms with van der Waals surface area (Å²) in [6.45, 7) is 15.9. The highest BCUT2D eigenvalue weighted by molar-refractivity contribution is 9.09. The van der Waals surface area contributed by atoms with Crippen LogP contribution in [-0.2, 0) is 9.47 Å². The van der Waals surface area contributed by atoms with Crippen molar-refractivity contribution in [3.63, 3.8) is 0 Å². The van der Waals surface area contributed by atoms with Crippen molar-refractivity contribution in [2.45, 2.75) is 88.7 Å². The summed E-state index contributed by atoms with van der Waals surface area (Å²) in [5.41, 5.74) is 0. The fourth-order valence-electron chi connectivity index (χ4n) is 1.87. The van der Waals surface area contributed by atoms with Crippen LogP contribution in [0.4, 0.5) is 0 Å². The summed E-state index contributed by atoms with van der Waals surface area (Å²) in [6, 6.07) is 0. The maximum absolute atomic E-state index is 6.12. The van der Waals surface area contributed by atoms with Gasteiger partial charge < -0.3 is 9.47 Å². The summed E-state index contributed by atoms with van der Waals surface area (Å²) in [6.07, 6.45) is 7.50. The Labute approximate surface area is 160 Å². The summed E-state index contributed by atoms with van der Waals surface area (Å²) < 4.78 is 12.2. The highest BCUT2D eigenvalue weighted by atomic mass is 33.5. The summed E-state index contributed by atoms with van der Waals surface area (Å²) in [5, 5.41) is 0.859. The lowest BCUT2D eigenvalue weighted by molar-refractivity contribution is 0.150. The molecule has 2 nitrogen and oxygen atoms in total. The van der Waals surface area contributed by atoms with E-state index in [1.54, 1.807) is 0 Å². The highest BCUT2D eigenvalue weighted by Gasteiger charge is 2.20. The lowest BCUT2D eigenvalue weighted by Gasteiger charge is -2.22. The van der Waals surface area contributed by atoms with E-state index >= 15 is 0 Å². The number of unbranched alkanes of at least 4 members (excludes halogenated alkanes) is 4. The minimum Gasteiger partial charge on any atom is -0.371 e. The quantitative estimate of drug-likeness (QED) is 0.130. The number of hydrogen-bond donors (Lipinski definition) is 0. The standard InChI is InChI=1S/C16H38O2S3Si2/c1-7-9-11-13-17-15(22(3)4)19-21-20-16(23(5)6)18-14-12-10-8-2/h15-16,22-23H,7-14H2,1-6H3. The average Bonchev–Trinajstić information content (AvgIpc) is 2.51. The molecule has 23 heavy (non-hydrogen) atoms. The van der Waals surface area contributed by atoms with Crippen molar-refractivity contribution in [1.82, 2.24) is 0 Å². The fraction of sp³-hybridized carbons (Fsp3) is 1.00. The average molecular weight is 415 g/mol. The van der Waals surface area contributed by atoms with Gasteiger partial charge in [-0.15, -0.1) is 0 Å². The predicted molar refractivity (Wildman–Crippen MR) is 119 cm³/mol. The first-order valence-electron chi connectivity index (χ1n) is 9.24. The molecule has 0 bridgehead atoms. The van der Waals surface area contributed by atoms with Crippen LogP contribution in [0, 0.1) is 0 Å². The molecule has 0 radical (unpaired) electrons. The molecule has 0 amide bonds. The first kappa shape index (κ1) is 24.4. The molecule has 0 aliphatic carbocycles. The van der Waals surface area contributed by atoms with E-state index in [1.807, 2.05) is 31.4 Å². The van der Waals surface area contributed by atoms with Crippen LogP contribution in [-0.4, -0.2) is 40.9 Å². The molecule has 0 N–H and O–H groups in total. The molecule has 0 aromatic heterocycles. The first-order chi connectivity index (χ1) is 11.0. The van der Waals surface area contributed by atoms with E-state index in [2.05, 4.69) is 40.0 Å².